The molecule has 0 saturated heterocycles. The van der Waals surface area contributed by atoms with Crippen molar-refractivity contribution in [1.29, 1.82) is 0 Å². The van der Waals surface area contributed by atoms with Crippen LogP contribution in [0.1, 0.15) is 43.3 Å². The van der Waals surface area contributed by atoms with Gasteiger partial charge in [0, 0.05) is 5.56 Å². The number of hydrogen-bond acceptors (Lipinski definition) is 5. The van der Waals surface area contributed by atoms with Gasteiger partial charge in [-0.05, 0) is 11.1 Å². The van der Waals surface area contributed by atoms with Crippen LogP contribution in [0.2, 0.25) is 0 Å². The third kappa shape index (κ3) is 2.24. The Morgan fingerprint density at radius 1 is 0.885 bits per heavy atom. The number of carbonyl (C=O) groups is 1. The van der Waals surface area contributed by atoms with Crippen LogP contribution < -0.4 is 11.5 Å². The van der Waals surface area contributed by atoms with Gasteiger partial charge < -0.3 is 15.9 Å². The summed E-state index contributed by atoms with van der Waals surface area (Å²) in [4.78, 5) is 12.0. The number of nitrogens with two attached hydrogens (primary N) is 2. The van der Waals surface area contributed by atoms with Gasteiger partial charge in [-0.3, -0.25) is 4.79 Å². The number of furan rings is 1. The topological polar surface area (TPSA) is 116 Å². The van der Waals surface area contributed by atoms with Crippen LogP contribution in [0.4, 0.5) is 5.88 Å². The number of carbonyl (C=O) groups excluding carboxylic acids is 1. The minimum Gasteiger partial charge on any atom is -0.443 e. The predicted molar refractivity (Wildman–Crippen MR) is 97.1 cm³/mol. The Balaban J connectivity index is 2.05. The average Bonchev–Trinajstić information content (AvgIpc) is 3.03. The van der Waals surface area contributed by atoms with Crippen LogP contribution in [-0.2, 0) is 9.84 Å². The van der Waals surface area contributed by atoms with Crippen LogP contribution in [0.3, 0.4) is 0 Å². The fourth-order valence-electron chi connectivity index (χ4n) is 3.59. The molecule has 4 rings (SSSR count). The minimum atomic E-state index is -3.78. The number of hydrogen-bond donors (Lipinski definition) is 2. The number of rotatable bonds is 3. The van der Waals surface area contributed by atoms with E-state index >= 15 is 0 Å². The standard InChI is InChI=1S/C19H16N2O4S/c20-18(22)14-13-15(25-19(14)21)17(12-9-5-2-6-10-12)26(23,24)16(13)11-7-3-1-4-8-11/h1-10,16-17H,21H2,(H2,20,22)/t16-,17-/m0/s1. The normalized spacial score (nSPS) is 20.6. The molecule has 1 amide bonds. The van der Waals surface area contributed by atoms with E-state index in [1.165, 1.54) is 0 Å². The average molecular weight is 368 g/mol. The highest BCUT2D eigenvalue weighted by atomic mass is 32.2. The number of nitrogen functional groups attached to an aromatic ring is 1. The molecule has 1 aromatic heterocycles. The molecule has 2 heterocycles. The second-order valence-corrected chi connectivity index (χ2v) is 8.27. The number of primary amides is 1. The quantitative estimate of drug-likeness (QED) is 0.737. The van der Waals surface area contributed by atoms with Gasteiger partial charge in [-0.1, -0.05) is 60.7 Å². The lowest BCUT2D eigenvalue weighted by Gasteiger charge is -2.16. The fraction of sp³-hybridized carbons (Fsp3) is 0.105. The van der Waals surface area contributed by atoms with Crippen LogP contribution in [0, 0.1) is 0 Å². The molecule has 26 heavy (non-hydrogen) atoms. The summed E-state index contributed by atoms with van der Waals surface area (Å²) in [5.74, 6) is -0.798. The van der Waals surface area contributed by atoms with Crippen molar-refractivity contribution in [2.45, 2.75) is 10.5 Å². The van der Waals surface area contributed by atoms with Crippen molar-refractivity contribution in [3.05, 3.63) is 88.7 Å². The molecule has 4 N–H and O–H groups in total. The summed E-state index contributed by atoms with van der Waals surface area (Å²) in [7, 11) is -3.78. The Hall–Kier alpha value is -3.06. The molecule has 1 aliphatic heterocycles. The Labute approximate surface area is 150 Å². The summed E-state index contributed by atoms with van der Waals surface area (Å²) in [6.45, 7) is 0. The van der Waals surface area contributed by atoms with E-state index in [2.05, 4.69) is 0 Å². The van der Waals surface area contributed by atoms with Crippen molar-refractivity contribution in [2.24, 2.45) is 5.73 Å². The second kappa shape index (κ2) is 5.74. The van der Waals surface area contributed by atoms with Gasteiger partial charge in [0.05, 0.1) is 0 Å². The molecule has 0 saturated carbocycles. The minimum absolute atomic E-state index is 0.0594. The number of fused-ring (bicyclic) bond motifs is 1. The van der Waals surface area contributed by atoms with Gasteiger partial charge >= 0.3 is 0 Å². The molecule has 2 atom stereocenters. The molecule has 2 aromatic carbocycles. The molecule has 132 valence electrons. The molecule has 0 spiro atoms. The molecular formula is C19H16N2O4S. The van der Waals surface area contributed by atoms with E-state index in [0.29, 0.717) is 11.1 Å². The van der Waals surface area contributed by atoms with E-state index in [4.69, 9.17) is 15.9 Å². The van der Waals surface area contributed by atoms with E-state index in [1.54, 1.807) is 60.7 Å². The van der Waals surface area contributed by atoms with Crippen molar-refractivity contribution in [3.63, 3.8) is 0 Å². The first-order chi connectivity index (χ1) is 12.4. The molecule has 1 aliphatic rings. The Bertz CT molecular complexity index is 1090. The first kappa shape index (κ1) is 16.4. The first-order valence-corrected chi connectivity index (χ1v) is 9.58. The third-order valence-electron chi connectivity index (χ3n) is 4.61. The van der Waals surface area contributed by atoms with E-state index in [1.807, 2.05) is 0 Å². The van der Waals surface area contributed by atoms with Gasteiger partial charge in [-0.15, -0.1) is 0 Å². The van der Waals surface area contributed by atoms with Crippen molar-refractivity contribution in [2.75, 3.05) is 5.73 Å². The molecule has 0 aliphatic carbocycles. The highest BCUT2D eigenvalue weighted by molar-refractivity contribution is 7.92. The Kier molecular flexibility index (Phi) is 3.62. The molecule has 0 unspecified atom stereocenters. The van der Waals surface area contributed by atoms with Crippen molar-refractivity contribution in [1.82, 2.24) is 0 Å². The number of anilines is 1. The zero-order valence-electron chi connectivity index (χ0n) is 13.6. The molecule has 0 fully saturated rings. The van der Waals surface area contributed by atoms with Crippen molar-refractivity contribution < 1.29 is 17.6 Å². The predicted octanol–water partition coefficient (Wildman–Crippen LogP) is 2.57. The molecular weight excluding hydrogens is 352 g/mol. The lowest BCUT2D eigenvalue weighted by Crippen LogP contribution is -2.19. The maximum absolute atomic E-state index is 13.4. The van der Waals surface area contributed by atoms with Gasteiger partial charge in [-0.25, -0.2) is 8.42 Å². The highest BCUT2D eigenvalue weighted by Crippen LogP contribution is 2.54. The van der Waals surface area contributed by atoms with Crippen LogP contribution >= 0.6 is 0 Å². The van der Waals surface area contributed by atoms with E-state index in [0.717, 1.165) is 0 Å². The maximum atomic E-state index is 13.4. The Morgan fingerprint density at radius 3 is 1.88 bits per heavy atom. The fourth-order valence-corrected chi connectivity index (χ4v) is 5.97. The summed E-state index contributed by atoms with van der Waals surface area (Å²) in [6.07, 6.45) is 0. The second-order valence-electron chi connectivity index (χ2n) is 6.15. The Morgan fingerprint density at radius 2 is 1.38 bits per heavy atom. The number of amides is 1. The summed E-state index contributed by atoms with van der Waals surface area (Å²) in [6, 6.07) is 17.4. The largest absolute Gasteiger partial charge is 0.443 e. The van der Waals surface area contributed by atoms with Gasteiger partial charge in [0.25, 0.3) is 5.91 Å². The smallest absolute Gasteiger partial charge is 0.254 e. The van der Waals surface area contributed by atoms with E-state index in [-0.39, 0.29) is 22.8 Å². The van der Waals surface area contributed by atoms with Crippen LogP contribution in [0.5, 0.6) is 0 Å². The monoisotopic (exact) mass is 368 g/mol. The van der Waals surface area contributed by atoms with E-state index in [9.17, 15) is 13.2 Å². The van der Waals surface area contributed by atoms with Gasteiger partial charge in [0.1, 0.15) is 21.8 Å². The maximum Gasteiger partial charge on any atom is 0.254 e. The van der Waals surface area contributed by atoms with Crippen LogP contribution in [-0.4, -0.2) is 14.3 Å². The lowest BCUT2D eigenvalue weighted by atomic mass is 9.98. The summed E-state index contributed by atoms with van der Waals surface area (Å²) < 4.78 is 32.5. The molecule has 0 radical (unpaired) electrons. The molecule has 3 aromatic rings. The van der Waals surface area contributed by atoms with Gasteiger partial charge in [0.2, 0.25) is 5.88 Å². The van der Waals surface area contributed by atoms with Crippen molar-refractivity contribution in [3.8, 4) is 0 Å². The molecule has 7 heteroatoms. The third-order valence-corrected chi connectivity index (χ3v) is 6.92. The SMILES string of the molecule is NC(=O)c1c(N)oc2c1[C@H](c1ccccc1)S(=O)(=O)[C@H]2c1ccccc1. The first-order valence-electron chi connectivity index (χ1n) is 7.97. The van der Waals surface area contributed by atoms with Crippen LogP contribution in [0.25, 0.3) is 0 Å². The number of sulfone groups is 1. The molecule has 0 bridgehead atoms. The summed E-state index contributed by atoms with van der Waals surface area (Å²) in [5.41, 5.74) is 12.6. The summed E-state index contributed by atoms with van der Waals surface area (Å²) >= 11 is 0. The lowest BCUT2D eigenvalue weighted by molar-refractivity contribution is 0.1000. The van der Waals surface area contributed by atoms with Crippen LogP contribution in [0.15, 0.2) is 65.1 Å². The summed E-state index contributed by atoms with van der Waals surface area (Å²) in [5, 5.41) is -2.10. The highest BCUT2D eigenvalue weighted by Gasteiger charge is 2.52. The van der Waals surface area contributed by atoms with Gasteiger partial charge in [-0.2, -0.15) is 0 Å². The number of benzene rings is 2. The molecule has 6 nitrogen and oxygen atoms in total. The van der Waals surface area contributed by atoms with Gasteiger partial charge in [0.15, 0.2) is 9.84 Å². The van der Waals surface area contributed by atoms with Crippen molar-refractivity contribution >= 4 is 21.6 Å². The zero-order valence-corrected chi connectivity index (χ0v) is 14.4. The zero-order chi connectivity index (χ0) is 18.5. The van der Waals surface area contributed by atoms with E-state index < -0.39 is 26.2 Å².